The Balaban J connectivity index is 1.99. The molecule has 0 aliphatic carbocycles. The molecule has 0 radical (unpaired) electrons. The Bertz CT molecular complexity index is 553. The first-order valence-electron chi connectivity index (χ1n) is 5.45. The van der Waals surface area contributed by atoms with Crippen molar-refractivity contribution in [3.8, 4) is 0 Å². The van der Waals surface area contributed by atoms with E-state index in [0.29, 0.717) is 17.3 Å². The summed E-state index contributed by atoms with van der Waals surface area (Å²) in [6.45, 7) is 0.539. The number of anilines is 1. The predicted octanol–water partition coefficient (Wildman–Crippen LogP) is 1.63. The van der Waals surface area contributed by atoms with Crippen molar-refractivity contribution in [3.63, 3.8) is 0 Å². The third-order valence-corrected chi connectivity index (χ3v) is 2.71. The van der Waals surface area contributed by atoms with Crippen molar-refractivity contribution in [1.29, 1.82) is 0 Å². The lowest BCUT2D eigenvalue weighted by atomic mass is 10.3. The standard InChI is InChI=1S/C12H13ClN4O/c13-10-3-1-2-4-11(10)16-12(18)8-17-7-9(5-14)6-15-17/h1-4,6-7H,5,8,14H2,(H,16,18). The van der Waals surface area contributed by atoms with Gasteiger partial charge in [-0.1, -0.05) is 23.7 Å². The summed E-state index contributed by atoms with van der Waals surface area (Å²) in [6, 6.07) is 7.08. The molecule has 0 fully saturated rings. The van der Waals surface area contributed by atoms with E-state index >= 15 is 0 Å². The van der Waals surface area contributed by atoms with E-state index < -0.39 is 0 Å². The average molecular weight is 265 g/mol. The Labute approximate surface area is 110 Å². The molecule has 0 aliphatic rings. The third kappa shape index (κ3) is 3.09. The molecule has 18 heavy (non-hydrogen) atoms. The number of benzene rings is 1. The summed E-state index contributed by atoms with van der Waals surface area (Å²) < 4.78 is 1.54. The van der Waals surface area contributed by atoms with Gasteiger partial charge in [-0.15, -0.1) is 0 Å². The Morgan fingerprint density at radius 2 is 2.22 bits per heavy atom. The van der Waals surface area contributed by atoms with Gasteiger partial charge in [0.2, 0.25) is 5.91 Å². The van der Waals surface area contributed by atoms with Crippen LogP contribution in [0.2, 0.25) is 5.02 Å². The number of carbonyl (C=O) groups is 1. The minimum atomic E-state index is -0.185. The first-order valence-corrected chi connectivity index (χ1v) is 5.82. The zero-order valence-corrected chi connectivity index (χ0v) is 10.4. The molecule has 0 aliphatic heterocycles. The van der Waals surface area contributed by atoms with Crippen LogP contribution in [0.5, 0.6) is 0 Å². The van der Waals surface area contributed by atoms with Gasteiger partial charge in [0.15, 0.2) is 0 Å². The minimum absolute atomic E-state index is 0.130. The normalized spacial score (nSPS) is 10.3. The van der Waals surface area contributed by atoms with E-state index in [1.807, 2.05) is 6.07 Å². The van der Waals surface area contributed by atoms with Gasteiger partial charge in [0, 0.05) is 18.3 Å². The van der Waals surface area contributed by atoms with Crippen molar-refractivity contribution in [2.45, 2.75) is 13.1 Å². The molecule has 1 aromatic carbocycles. The number of para-hydroxylation sites is 1. The van der Waals surface area contributed by atoms with Crippen LogP contribution < -0.4 is 11.1 Å². The number of nitrogens with zero attached hydrogens (tertiary/aromatic N) is 2. The van der Waals surface area contributed by atoms with Gasteiger partial charge in [-0.05, 0) is 12.1 Å². The van der Waals surface area contributed by atoms with Gasteiger partial charge < -0.3 is 11.1 Å². The topological polar surface area (TPSA) is 72.9 Å². The molecule has 0 saturated carbocycles. The van der Waals surface area contributed by atoms with Gasteiger partial charge in [-0.3, -0.25) is 9.48 Å². The molecule has 2 rings (SSSR count). The lowest BCUT2D eigenvalue weighted by Gasteiger charge is -2.06. The molecule has 0 spiro atoms. The second kappa shape index (κ2) is 5.66. The zero-order valence-electron chi connectivity index (χ0n) is 9.64. The highest BCUT2D eigenvalue weighted by atomic mass is 35.5. The number of aromatic nitrogens is 2. The first kappa shape index (κ1) is 12.6. The molecule has 3 N–H and O–H groups in total. The van der Waals surface area contributed by atoms with E-state index in [2.05, 4.69) is 10.4 Å². The summed E-state index contributed by atoms with van der Waals surface area (Å²) >= 11 is 5.94. The predicted molar refractivity (Wildman–Crippen MR) is 70.2 cm³/mol. The van der Waals surface area contributed by atoms with Crippen molar-refractivity contribution < 1.29 is 4.79 Å². The molecular formula is C12H13ClN4O. The van der Waals surface area contributed by atoms with E-state index in [9.17, 15) is 4.79 Å². The quantitative estimate of drug-likeness (QED) is 0.882. The smallest absolute Gasteiger partial charge is 0.246 e. The Kier molecular flexibility index (Phi) is 3.96. The van der Waals surface area contributed by atoms with Crippen LogP contribution in [-0.4, -0.2) is 15.7 Å². The van der Waals surface area contributed by atoms with Crippen molar-refractivity contribution in [3.05, 3.63) is 47.2 Å². The largest absolute Gasteiger partial charge is 0.326 e. The molecule has 0 unspecified atom stereocenters. The molecule has 6 heteroatoms. The maximum absolute atomic E-state index is 11.8. The Hall–Kier alpha value is -1.85. The summed E-state index contributed by atoms with van der Waals surface area (Å²) in [5, 5.41) is 7.27. The molecule has 0 bridgehead atoms. The highest BCUT2D eigenvalue weighted by Crippen LogP contribution is 2.20. The SMILES string of the molecule is NCc1cnn(CC(=O)Nc2ccccc2Cl)c1. The van der Waals surface area contributed by atoms with Gasteiger partial charge in [0.05, 0.1) is 16.9 Å². The fraction of sp³-hybridized carbons (Fsp3) is 0.167. The Morgan fingerprint density at radius 3 is 2.89 bits per heavy atom. The van der Waals surface area contributed by atoms with Crippen LogP contribution in [0, 0.1) is 0 Å². The molecule has 5 nitrogen and oxygen atoms in total. The van der Waals surface area contributed by atoms with Crippen molar-refractivity contribution in [1.82, 2.24) is 9.78 Å². The van der Waals surface area contributed by atoms with Crippen LogP contribution >= 0.6 is 11.6 Å². The van der Waals surface area contributed by atoms with E-state index in [-0.39, 0.29) is 12.5 Å². The lowest BCUT2D eigenvalue weighted by Crippen LogP contribution is -2.19. The third-order valence-electron chi connectivity index (χ3n) is 2.38. The van der Waals surface area contributed by atoms with Gasteiger partial charge >= 0.3 is 0 Å². The van der Waals surface area contributed by atoms with Crippen molar-refractivity contribution in [2.75, 3.05) is 5.32 Å². The second-order valence-electron chi connectivity index (χ2n) is 3.78. The molecule has 1 heterocycles. The van der Waals surface area contributed by atoms with Crippen molar-refractivity contribution >= 4 is 23.2 Å². The number of rotatable bonds is 4. The van der Waals surface area contributed by atoms with Crippen LogP contribution in [0.15, 0.2) is 36.7 Å². The summed E-state index contributed by atoms with van der Waals surface area (Å²) in [5.74, 6) is -0.185. The Morgan fingerprint density at radius 1 is 1.44 bits per heavy atom. The maximum Gasteiger partial charge on any atom is 0.246 e. The number of hydrogen-bond acceptors (Lipinski definition) is 3. The monoisotopic (exact) mass is 264 g/mol. The summed E-state index contributed by atoms with van der Waals surface area (Å²) in [7, 11) is 0. The van der Waals surface area contributed by atoms with Crippen LogP contribution in [0.1, 0.15) is 5.56 Å². The molecular weight excluding hydrogens is 252 g/mol. The zero-order chi connectivity index (χ0) is 13.0. The lowest BCUT2D eigenvalue weighted by molar-refractivity contribution is -0.116. The minimum Gasteiger partial charge on any atom is -0.326 e. The molecule has 1 amide bonds. The van der Waals surface area contributed by atoms with Crippen molar-refractivity contribution in [2.24, 2.45) is 5.73 Å². The number of carbonyl (C=O) groups excluding carboxylic acids is 1. The summed E-state index contributed by atoms with van der Waals surface area (Å²) in [6.07, 6.45) is 3.38. The fourth-order valence-corrected chi connectivity index (χ4v) is 1.68. The van der Waals surface area contributed by atoms with E-state index in [4.69, 9.17) is 17.3 Å². The number of nitrogens with one attached hydrogen (secondary N) is 1. The van der Waals surface area contributed by atoms with E-state index in [1.54, 1.807) is 30.6 Å². The number of hydrogen-bond donors (Lipinski definition) is 2. The molecule has 94 valence electrons. The fourth-order valence-electron chi connectivity index (χ4n) is 1.50. The highest BCUT2D eigenvalue weighted by Gasteiger charge is 2.06. The summed E-state index contributed by atoms with van der Waals surface area (Å²) in [5.41, 5.74) is 6.95. The number of amides is 1. The average Bonchev–Trinajstić information content (AvgIpc) is 2.80. The second-order valence-corrected chi connectivity index (χ2v) is 4.19. The van der Waals surface area contributed by atoms with E-state index in [1.165, 1.54) is 4.68 Å². The molecule has 0 saturated heterocycles. The van der Waals surface area contributed by atoms with Gasteiger partial charge in [0.25, 0.3) is 0 Å². The maximum atomic E-state index is 11.8. The molecule has 0 atom stereocenters. The number of halogens is 1. The van der Waals surface area contributed by atoms with Crippen LogP contribution in [-0.2, 0) is 17.9 Å². The highest BCUT2D eigenvalue weighted by molar-refractivity contribution is 6.33. The van der Waals surface area contributed by atoms with E-state index in [0.717, 1.165) is 5.56 Å². The molecule has 1 aromatic heterocycles. The van der Waals surface area contributed by atoms with Crippen LogP contribution in [0.3, 0.4) is 0 Å². The molecule has 2 aromatic rings. The summed E-state index contributed by atoms with van der Waals surface area (Å²) in [4.78, 5) is 11.8. The van der Waals surface area contributed by atoms with Crippen LogP contribution in [0.25, 0.3) is 0 Å². The van der Waals surface area contributed by atoms with Gasteiger partial charge in [-0.25, -0.2) is 0 Å². The number of nitrogens with two attached hydrogens (primary N) is 1. The first-order chi connectivity index (χ1) is 8.69. The van der Waals surface area contributed by atoms with Gasteiger partial charge in [0.1, 0.15) is 6.54 Å². The van der Waals surface area contributed by atoms with Gasteiger partial charge in [-0.2, -0.15) is 5.10 Å². The van der Waals surface area contributed by atoms with Crippen LogP contribution in [0.4, 0.5) is 5.69 Å².